The van der Waals surface area contributed by atoms with Crippen LogP contribution in [0.5, 0.6) is 0 Å². The van der Waals surface area contributed by atoms with Crippen LogP contribution in [-0.4, -0.2) is 72.1 Å². The summed E-state index contributed by atoms with van der Waals surface area (Å²) < 4.78 is 0. The molecule has 2 N–H and O–H groups in total. The number of carbonyl (C=O) groups is 1. The van der Waals surface area contributed by atoms with Crippen LogP contribution in [0.15, 0.2) is 30.3 Å². The zero-order valence-electron chi connectivity index (χ0n) is 16.1. The van der Waals surface area contributed by atoms with Gasteiger partial charge in [-0.2, -0.15) is 0 Å². The van der Waals surface area contributed by atoms with E-state index in [1.807, 2.05) is 16.7 Å². The SMILES string of the molecule is N[C@H](C(=O)N1CCSC1)C1CCC(N2CCN(c3ccccc3)CC2)CC1. The molecule has 5 nitrogen and oxygen atoms in total. The van der Waals surface area contributed by atoms with Crippen LogP contribution in [0.2, 0.25) is 0 Å². The Labute approximate surface area is 167 Å². The third-order valence-corrected chi connectivity index (χ3v) is 7.52. The molecule has 6 heteroatoms. The van der Waals surface area contributed by atoms with Crippen LogP contribution in [0.25, 0.3) is 0 Å². The van der Waals surface area contributed by atoms with E-state index < -0.39 is 0 Å². The summed E-state index contributed by atoms with van der Waals surface area (Å²) >= 11 is 1.83. The molecule has 2 aliphatic heterocycles. The molecule has 1 aromatic rings. The highest BCUT2D eigenvalue weighted by Gasteiger charge is 2.35. The standard InChI is InChI=1S/C21H32N4OS/c22-20(21(26)25-14-15-27-16-25)17-6-8-19(9-7-17)24-12-10-23(11-13-24)18-4-2-1-3-5-18/h1-5,17,19-20H,6-16,22H2/t17?,19?,20-/m0/s1. The highest BCUT2D eigenvalue weighted by Crippen LogP contribution is 2.31. The lowest BCUT2D eigenvalue weighted by molar-refractivity contribution is -0.132. The summed E-state index contributed by atoms with van der Waals surface area (Å²) in [7, 11) is 0. The predicted octanol–water partition coefficient (Wildman–Crippen LogP) is 2.23. The quantitative estimate of drug-likeness (QED) is 0.857. The number of thioether (sulfide) groups is 1. The lowest BCUT2D eigenvalue weighted by atomic mass is 9.80. The largest absolute Gasteiger partial charge is 0.369 e. The lowest BCUT2D eigenvalue weighted by Gasteiger charge is -2.43. The van der Waals surface area contributed by atoms with Gasteiger partial charge in [0.15, 0.2) is 0 Å². The molecule has 1 saturated carbocycles. The minimum Gasteiger partial charge on any atom is -0.369 e. The van der Waals surface area contributed by atoms with Crippen molar-refractivity contribution in [3.8, 4) is 0 Å². The summed E-state index contributed by atoms with van der Waals surface area (Å²) in [5.41, 5.74) is 7.70. The van der Waals surface area contributed by atoms with Crippen molar-refractivity contribution in [1.29, 1.82) is 0 Å². The van der Waals surface area contributed by atoms with Crippen molar-refractivity contribution in [3.63, 3.8) is 0 Å². The minimum absolute atomic E-state index is 0.180. The van der Waals surface area contributed by atoms with Gasteiger partial charge >= 0.3 is 0 Å². The summed E-state index contributed by atoms with van der Waals surface area (Å²) in [5.74, 6) is 2.43. The molecule has 0 aromatic heterocycles. The molecule has 0 unspecified atom stereocenters. The molecule has 27 heavy (non-hydrogen) atoms. The summed E-state index contributed by atoms with van der Waals surface area (Å²) in [5, 5.41) is 0. The molecule has 1 atom stereocenters. The highest BCUT2D eigenvalue weighted by molar-refractivity contribution is 7.99. The maximum absolute atomic E-state index is 12.6. The average Bonchev–Trinajstić information content (AvgIpc) is 3.28. The molecule has 0 bridgehead atoms. The van der Waals surface area contributed by atoms with Crippen molar-refractivity contribution in [1.82, 2.24) is 9.80 Å². The van der Waals surface area contributed by atoms with Crippen LogP contribution in [0.3, 0.4) is 0 Å². The minimum atomic E-state index is -0.292. The van der Waals surface area contributed by atoms with E-state index in [1.54, 1.807) is 0 Å². The Balaban J connectivity index is 1.23. The number of piperazine rings is 1. The van der Waals surface area contributed by atoms with Crippen molar-refractivity contribution in [2.24, 2.45) is 11.7 Å². The number of para-hydroxylation sites is 1. The van der Waals surface area contributed by atoms with Gasteiger partial charge in [-0.3, -0.25) is 9.69 Å². The maximum Gasteiger partial charge on any atom is 0.240 e. The Kier molecular flexibility index (Phi) is 6.25. The van der Waals surface area contributed by atoms with Gasteiger partial charge < -0.3 is 15.5 Å². The van der Waals surface area contributed by atoms with E-state index in [1.165, 1.54) is 18.5 Å². The van der Waals surface area contributed by atoms with E-state index >= 15 is 0 Å². The first-order chi connectivity index (χ1) is 13.2. The number of carbonyl (C=O) groups excluding carboxylic acids is 1. The Hall–Kier alpha value is -1.24. The fourth-order valence-electron chi connectivity index (χ4n) is 4.81. The van der Waals surface area contributed by atoms with Crippen LogP contribution in [-0.2, 0) is 4.79 Å². The van der Waals surface area contributed by atoms with Crippen LogP contribution in [0.1, 0.15) is 25.7 Å². The van der Waals surface area contributed by atoms with Gasteiger partial charge in [-0.1, -0.05) is 18.2 Å². The first-order valence-electron chi connectivity index (χ1n) is 10.4. The molecule has 2 saturated heterocycles. The summed E-state index contributed by atoms with van der Waals surface area (Å²) in [4.78, 5) is 19.7. The van der Waals surface area contributed by atoms with Crippen molar-refractivity contribution >= 4 is 23.4 Å². The van der Waals surface area contributed by atoms with Crippen LogP contribution in [0.4, 0.5) is 5.69 Å². The highest BCUT2D eigenvalue weighted by atomic mass is 32.2. The normalized spacial score (nSPS) is 28.3. The second-order valence-corrected chi connectivity index (χ2v) is 9.17. The van der Waals surface area contributed by atoms with E-state index in [4.69, 9.17) is 5.73 Å². The Morgan fingerprint density at radius 2 is 1.70 bits per heavy atom. The molecule has 148 valence electrons. The number of benzene rings is 1. The molecular formula is C21H32N4OS. The second-order valence-electron chi connectivity index (χ2n) is 8.09. The number of hydrogen-bond donors (Lipinski definition) is 1. The van der Waals surface area contributed by atoms with E-state index in [0.717, 1.165) is 57.2 Å². The van der Waals surface area contributed by atoms with Crippen molar-refractivity contribution < 1.29 is 4.79 Å². The zero-order chi connectivity index (χ0) is 18.6. The van der Waals surface area contributed by atoms with Crippen molar-refractivity contribution in [2.45, 2.75) is 37.8 Å². The molecule has 0 spiro atoms. The average molecular weight is 389 g/mol. The zero-order valence-corrected chi connectivity index (χ0v) is 16.9. The van der Waals surface area contributed by atoms with Gasteiger partial charge in [0.1, 0.15) is 0 Å². The summed E-state index contributed by atoms with van der Waals surface area (Å²) in [6.07, 6.45) is 4.56. The lowest BCUT2D eigenvalue weighted by Crippen LogP contribution is -2.53. The van der Waals surface area contributed by atoms with E-state index in [-0.39, 0.29) is 11.9 Å². The number of amides is 1. The van der Waals surface area contributed by atoms with Gasteiger partial charge in [0.05, 0.1) is 11.9 Å². The van der Waals surface area contributed by atoms with Gasteiger partial charge in [-0.25, -0.2) is 0 Å². The smallest absolute Gasteiger partial charge is 0.240 e. The molecule has 3 fully saturated rings. The Morgan fingerprint density at radius 1 is 1.00 bits per heavy atom. The second kappa shape index (κ2) is 8.84. The van der Waals surface area contributed by atoms with E-state index in [0.29, 0.717) is 12.0 Å². The summed E-state index contributed by atoms with van der Waals surface area (Å²) in [6, 6.07) is 11.1. The van der Waals surface area contributed by atoms with Gasteiger partial charge in [0.25, 0.3) is 0 Å². The van der Waals surface area contributed by atoms with Crippen molar-refractivity contribution in [2.75, 3.05) is 49.3 Å². The molecule has 0 radical (unpaired) electrons. The number of anilines is 1. The molecule has 1 aliphatic carbocycles. The molecule has 1 amide bonds. The molecule has 1 aromatic carbocycles. The first kappa shape index (κ1) is 19.1. The summed E-state index contributed by atoms with van der Waals surface area (Å²) in [6.45, 7) is 5.36. The van der Waals surface area contributed by atoms with Crippen LogP contribution >= 0.6 is 11.8 Å². The molecule has 2 heterocycles. The van der Waals surface area contributed by atoms with Gasteiger partial charge in [-0.15, -0.1) is 11.8 Å². The Morgan fingerprint density at radius 3 is 2.33 bits per heavy atom. The monoisotopic (exact) mass is 388 g/mol. The Bertz CT molecular complexity index is 606. The van der Waals surface area contributed by atoms with Gasteiger partial charge in [0, 0.05) is 50.2 Å². The third-order valence-electron chi connectivity index (χ3n) is 6.55. The fourth-order valence-corrected chi connectivity index (χ4v) is 5.77. The molecular weight excluding hydrogens is 356 g/mol. The van der Waals surface area contributed by atoms with Crippen molar-refractivity contribution in [3.05, 3.63) is 30.3 Å². The number of nitrogens with zero attached hydrogens (tertiary/aromatic N) is 3. The number of hydrogen-bond acceptors (Lipinski definition) is 5. The van der Waals surface area contributed by atoms with Gasteiger partial charge in [0.2, 0.25) is 5.91 Å². The van der Waals surface area contributed by atoms with E-state index in [9.17, 15) is 4.79 Å². The number of rotatable bonds is 4. The van der Waals surface area contributed by atoms with Gasteiger partial charge in [-0.05, 0) is 43.7 Å². The predicted molar refractivity (Wildman–Crippen MR) is 113 cm³/mol. The van der Waals surface area contributed by atoms with Crippen LogP contribution < -0.4 is 10.6 Å². The number of nitrogens with two attached hydrogens (primary N) is 1. The maximum atomic E-state index is 12.6. The topological polar surface area (TPSA) is 52.8 Å². The van der Waals surface area contributed by atoms with E-state index in [2.05, 4.69) is 40.1 Å². The third kappa shape index (κ3) is 4.44. The molecule has 3 aliphatic rings. The van der Waals surface area contributed by atoms with Crippen LogP contribution in [0, 0.1) is 5.92 Å². The molecule has 4 rings (SSSR count). The first-order valence-corrected chi connectivity index (χ1v) is 11.5. The fraction of sp³-hybridized carbons (Fsp3) is 0.667.